The minimum Gasteiger partial charge on any atom is -0.481 e. The molecule has 1 fully saturated rings. The summed E-state index contributed by atoms with van der Waals surface area (Å²) in [6.45, 7) is 0. The van der Waals surface area contributed by atoms with Gasteiger partial charge in [-0.1, -0.05) is 0 Å². The Kier molecular flexibility index (Phi) is 3.59. The summed E-state index contributed by atoms with van der Waals surface area (Å²) in [5.41, 5.74) is 0. The van der Waals surface area contributed by atoms with Gasteiger partial charge in [0.1, 0.15) is 0 Å². The van der Waals surface area contributed by atoms with Crippen molar-refractivity contribution in [3.8, 4) is 0 Å². The molecule has 1 aliphatic rings. The van der Waals surface area contributed by atoms with Crippen LogP contribution in [0.1, 0.15) is 19.3 Å². The van der Waals surface area contributed by atoms with Gasteiger partial charge in [-0.15, -0.1) is 0 Å². The highest BCUT2D eigenvalue weighted by molar-refractivity contribution is 5.70. The molecule has 0 bridgehead atoms. The molecule has 1 rings (SSSR count). The van der Waals surface area contributed by atoms with Crippen molar-refractivity contribution in [2.24, 2.45) is 11.8 Å². The van der Waals surface area contributed by atoms with Crippen LogP contribution in [-0.4, -0.2) is 30.3 Å². The number of hydrogen-bond donors (Lipinski definition) is 2. The van der Waals surface area contributed by atoms with Crippen LogP contribution in [0.4, 0.5) is 13.2 Å². The van der Waals surface area contributed by atoms with E-state index in [1.807, 2.05) is 0 Å². The fourth-order valence-electron chi connectivity index (χ4n) is 2.09. The number of halogens is 3. The van der Waals surface area contributed by atoms with Crippen molar-refractivity contribution in [1.82, 2.24) is 5.32 Å². The smallest absolute Gasteiger partial charge is 0.392 e. The molecule has 0 aromatic carbocycles. The van der Waals surface area contributed by atoms with Gasteiger partial charge in [0.05, 0.1) is 11.8 Å². The molecule has 2 N–H and O–H groups in total. The number of carboxylic acids is 1. The Morgan fingerprint density at radius 2 is 2.00 bits per heavy atom. The molecule has 3 atom stereocenters. The van der Waals surface area contributed by atoms with Crippen LogP contribution in [0, 0.1) is 11.8 Å². The summed E-state index contributed by atoms with van der Waals surface area (Å²) < 4.78 is 37.7. The van der Waals surface area contributed by atoms with Crippen LogP contribution in [0.15, 0.2) is 0 Å². The van der Waals surface area contributed by atoms with E-state index in [2.05, 4.69) is 5.32 Å². The van der Waals surface area contributed by atoms with Crippen molar-refractivity contribution in [1.29, 1.82) is 0 Å². The van der Waals surface area contributed by atoms with Crippen molar-refractivity contribution < 1.29 is 23.1 Å². The first-order valence-electron chi connectivity index (χ1n) is 4.83. The van der Waals surface area contributed by atoms with Crippen LogP contribution in [0.3, 0.4) is 0 Å². The van der Waals surface area contributed by atoms with Crippen LogP contribution in [0.25, 0.3) is 0 Å². The van der Waals surface area contributed by atoms with Crippen molar-refractivity contribution in [2.75, 3.05) is 7.05 Å². The predicted octanol–water partition coefficient (Wildman–Crippen LogP) is 1.64. The van der Waals surface area contributed by atoms with Gasteiger partial charge in [-0.3, -0.25) is 4.79 Å². The van der Waals surface area contributed by atoms with E-state index < -0.39 is 24.0 Å². The summed E-state index contributed by atoms with van der Waals surface area (Å²) in [6, 6.07) is -0.229. The Labute approximate surface area is 85.7 Å². The predicted molar refractivity (Wildman–Crippen MR) is 47.4 cm³/mol. The number of carbonyl (C=O) groups is 1. The lowest BCUT2D eigenvalue weighted by Crippen LogP contribution is -2.44. The Bertz CT molecular complexity index is 242. The molecule has 0 aliphatic heterocycles. The highest BCUT2D eigenvalue weighted by Crippen LogP contribution is 2.41. The molecule has 0 spiro atoms. The number of carboxylic acid groups (broad SMARTS) is 1. The summed E-state index contributed by atoms with van der Waals surface area (Å²) in [7, 11) is 1.60. The van der Waals surface area contributed by atoms with Gasteiger partial charge < -0.3 is 10.4 Å². The monoisotopic (exact) mass is 225 g/mol. The van der Waals surface area contributed by atoms with Crippen LogP contribution < -0.4 is 5.32 Å². The molecule has 88 valence electrons. The molecule has 0 saturated heterocycles. The first kappa shape index (κ1) is 12.3. The number of alkyl halides is 3. The fourth-order valence-corrected chi connectivity index (χ4v) is 2.09. The van der Waals surface area contributed by atoms with E-state index in [-0.39, 0.29) is 18.9 Å². The maximum atomic E-state index is 12.6. The molecule has 0 radical (unpaired) electrons. The molecule has 1 saturated carbocycles. The Hall–Kier alpha value is -0.780. The molecule has 3 unspecified atom stereocenters. The standard InChI is InChI=1S/C9H14F3NO2/c1-13-5-2-3-6(8(14)15)7(4-5)9(10,11)12/h5-7,13H,2-4H2,1H3,(H,14,15). The second-order valence-corrected chi connectivity index (χ2v) is 3.89. The average molecular weight is 225 g/mol. The quantitative estimate of drug-likeness (QED) is 0.751. The van der Waals surface area contributed by atoms with Crippen molar-refractivity contribution in [3.05, 3.63) is 0 Å². The molecule has 0 amide bonds. The Morgan fingerprint density at radius 1 is 1.40 bits per heavy atom. The lowest BCUT2D eigenvalue weighted by Gasteiger charge is -2.34. The van der Waals surface area contributed by atoms with Crippen LogP contribution in [-0.2, 0) is 4.79 Å². The molecule has 1 aliphatic carbocycles. The first-order chi connectivity index (χ1) is 6.86. The van der Waals surface area contributed by atoms with E-state index in [0.717, 1.165) is 0 Å². The van der Waals surface area contributed by atoms with Gasteiger partial charge in [0, 0.05) is 6.04 Å². The highest BCUT2D eigenvalue weighted by Gasteiger charge is 2.50. The zero-order valence-electron chi connectivity index (χ0n) is 8.34. The normalized spacial score (nSPS) is 32.7. The summed E-state index contributed by atoms with van der Waals surface area (Å²) >= 11 is 0. The summed E-state index contributed by atoms with van der Waals surface area (Å²) in [4.78, 5) is 10.7. The SMILES string of the molecule is CNC1CCC(C(=O)O)C(C(F)(F)F)C1. The summed E-state index contributed by atoms with van der Waals surface area (Å²) in [5, 5.41) is 11.5. The summed E-state index contributed by atoms with van der Waals surface area (Å²) in [5.74, 6) is -4.34. The number of nitrogens with one attached hydrogen (secondary N) is 1. The van der Waals surface area contributed by atoms with Gasteiger partial charge in [-0.2, -0.15) is 13.2 Å². The molecule has 3 nitrogen and oxygen atoms in total. The third kappa shape index (κ3) is 2.84. The van der Waals surface area contributed by atoms with Crippen molar-refractivity contribution >= 4 is 5.97 Å². The minimum absolute atomic E-state index is 0.0883. The van der Waals surface area contributed by atoms with E-state index in [9.17, 15) is 18.0 Å². The van der Waals surface area contributed by atoms with Crippen LogP contribution >= 0.6 is 0 Å². The molecule has 15 heavy (non-hydrogen) atoms. The van der Waals surface area contributed by atoms with Crippen molar-refractivity contribution in [3.63, 3.8) is 0 Å². The van der Waals surface area contributed by atoms with Gasteiger partial charge in [0.2, 0.25) is 0 Å². The van der Waals surface area contributed by atoms with E-state index in [0.29, 0.717) is 6.42 Å². The molecule has 0 aromatic rings. The molecule has 6 heteroatoms. The highest BCUT2D eigenvalue weighted by atomic mass is 19.4. The van der Waals surface area contributed by atoms with E-state index in [1.54, 1.807) is 7.05 Å². The van der Waals surface area contributed by atoms with E-state index in [4.69, 9.17) is 5.11 Å². The van der Waals surface area contributed by atoms with Crippen molar-refractivity contribution in [2.45, 2.75) is 31.5 Å². The lowest BCUT2D eigenvalue weighted by atomic mass is 9.76. The van der Waals surface area contributed by atoms with Gasteiger partial charge in [0.25, 0.3) is 0 Å². The minimum atomic E-state index is -4.42. The first-order valence-corrected chi connectivity index (χ1v) is 4.83. The topological polar surface area (TPSA) is 49.3 Å². The van der Waals surface area contributed by atoms with Gasteiger partial charge in [-0.25, -0.2) is 0 Å². The van der Waals surface area contributed by atoms with Crippen LogP contribution in [0.5, 0.6) is 0 Å². The zero-order chi connectivity index (χ0) is 11.6. The average Bonchev–Trinajstić information content (AvgIpc) is 2.15. The second kappa shape index (κ2) is 4.38. The Morgan fingerprint density at radius 3 is 2.40 bits per heavy atom. The maximum Gasteiger partial charge on any atom is 0.392 e. The lowest BCUT2D eigenvalue weighted by molar-refractivity contribution is -0.204. The molecule has 0 heterocycles. The van der Waals surface area contributed by atoms with Gasteiger partial charge in [-0.05, 0) is 26.3 Å². The zero-order valence-corrected chi connectivity index (χ0v) is 8.34. The third-order valence-electron chi connectivity index (χ3n) is 3.00. The fraction of sp³-hybridized carbons (Fsp3) is 0.889. The van der Waals surface area contributed by atoms with Gasteiger partial charge >= 0.3 is 12.1 Å². The number of aliphatic carboxylic acids is 1. The molecule has 0 aromatic heterocycles. The molecular formula is C9H14F3NO2. The third-order valence-corrected chi connectivity index (χ3v) is 3.00. The maximum absolute atomic E-state index is 12.6. The van der Waals surface area contributed by atoms with Crippen LogP contribution in [0.2, 0.25) is 0 Å². The second-order valence-electron chi connectivity index (χ2n) is 3.89. The summed E-state index contributed by atoms with van der Waals surface area (Å²) in [6.07, 6.45) is -3.99. The van der Waals surface area contributed by atoms with Gasteiger partial charge in [0.15, 0.2) is 0 Å². The largest absolute Gasteiger partial charge is 0.481 e. The number of rotatable bonds is 2. The molecular weight excluding hydrogens is 211 g/mol. The Balaban J connectivity index is 2.78. The van der Waals surface area contributed by atoms with E-state index >= 15 is 0 Å². The van der Waals surface area contributed by atoms with E-state index in [1.165, 1.54) is 0 Å². The number of hydrogen-bond acceptors (Lipinski definition) is 2.